The van der Waals surface area contributed by atoms with E-state index in [0.29, 0.717) is 17.6 Å². The highest BCUT2D eigenvalue weighted by molar-refractivity contribution is 6.03. The van der Waals surface area contributed by atoms with Gasteiger partial charge in [-0.3, -0.25) is 4.90 Å². The van der Waals surface area contributed by atoms with Crippen molar-refractivity contribution in [3.63, 3.8) is 0 Å². The second-order valence-corrected chi connectivity index (χ2v) is 10.6. The lowest BCUT2D eigenvalue weighted by Gasteiger charge is -2.33. The van der Waals surface area contributed by atoms with Gasteiger partial charge in [0.25, 0.3) is 0 Å². The summed E-state index contributed by atoms with van der Waals surface area (Å²) < 4.78 is 5.45. The minimum Gasteiger partial charge on any atom is -0.443 e. The summed E-state index contributed by atoms with van der Waals surface area (Å²) in [6.07, 6.45) is 2.77. The summed E-state index contributed by atoms with van der Waals surface area (Å²) in [5.41, 5.74) is 0.379. The number of pyridine rings is 1. The lowest BCUT2D eigenvalue weighted by atomic mass is 10.0. The van der Waals surface area contributed by atoms with E-state index in [2.05, 4.69) is 37.1 Å². The Morgan fingerprint density at radius 3 is 2.44 bits per heavy atom. The molecule has 2 aromatic heterocycles. The summed E-state index contributed by atoms with van der Waals surface area (Å²) in [7, 11) is 2.13. The topological polar surface area (TPSA) is 107 Å². The molecular formula is C25H36N8O3. The molecule has 11 heteroatoms. The van der Waals surface area contributed by atoms with Gasteiger partial charge >= 0.3 is 12.1 Å². The maximum absolute atomic E-state index is 13.3. The average molecular weight is 497 g/mol. The number of hydrogen-bond donors (Lipinski definition) is 1. The van der Waals surface area contributed by atoms with Crippen molar-refractivity contribution in [2.24, 2.45) is 5.92 Å². The monoisotopic (exact) mass is 496 g/mol. The van der Waals surface area contributed by atoms with Crippen LogP contribution in [0.15, 0.2) is 30.6 Å². The van der Waals surface area contributed by atoms with E-state index < -0.39 is 17.7 Å². The first-order valence-electron chi connectivity index (χ1n) is 12.3. The zero-order chi connectivity index (χ0) is 26.0. The molecule has 3 amide bonds. The molecule has 2 aliphatic rings. The molecule has 2 fully saturated rings. The third kappa shape index (κ3) is 5.84. The predicted molar refractivity (Wildman–Crippen MR) is 139 cm³/mol. The predicted octanol–water partition coefficient (Wildman–Crippen LogP) is 3.57. The van der Waals surface area contributed by atoms with Gasteiger partial charge in [-0.15, -0.1) is 0 Å². The molecule has 0 radical (unpaired) electrons. The second kappa shape index (κ2) is 10.3. The summed E-state index contributed by atoms with van der Waals surface area (Å²) >= 11 is 0. The number of amides is 3. The first-order valence-corrected chi connectivity index (χ1v) is 12.3. The van der Waals surface area contributed by atoms with Gasteiger partial charge in [-0.05, 0) is 51.9 Å². The summed E-state index contributed by atoms with van der Waals surface area (Å²) in [4.78, 5) is 46.7. The molecule has 1 N–H and O–H groups in total. The number of carbonyl (C=O) groups is 2. The van der Waals surface area contributed by atoms with E-state index in [1.807, 2.05) is 32.2 Å². The molecule has 0 spiro atoms. The highest BCUT2D eigenvalue weighted by atomic mass is 16.6. The first-order chi connectivity index (χ1) is 17.0. The van der Waals surface area contributed by atoms with Crippen LogP contribution in [0.1, 0.15) is 34.6 Å². The number of piperazine rings is 1. The van der Waals surface area contributed by atoms with Crippen molar-refractivity contribution in [3.05, 3.63) is 30.6 Å². The van der Waals surface area contributed by atoms with Crippen molar-refractivity contribution in [2.45, 2.75) is 46.3 Å². The number of anilines is 4. The number of ether oxygens (including phenoxy) is 1. The van der Waals surface area contributed by atoms with Crippen LogP contribution in [0.4, 0.5) is 32.9 Å². The molecule has 4 heterocycles. The Morgan fingerprint density at radius 1 is 1.11 bits per heavy atom. The number of likely N-dealkylation sites (N-methyl/N-ethyl adjacent to an activating group) is 1. The zero-order valence-electron chi connectivity index (χ0n) is 21.9. The fraction of sp³-hybridized carbons (Fsp3) is 0.560. The van der Waals surface area contributed by atoms with Gasteiger partial charge in [0.1, 0.15) is 17.2 Å². The number of nitrogens with zero attached hydrogens (tertiary/aromatic N) is 7. The minimum atomic E-state index is -0.697. The van der Waals surface area contributed by atoms with Gasteiger partial charge in [0.05, 0.1) is 24.5 Å². The minimum absolute atomic E-state index is 0.0940. The average Bonchev–Trinajstić information content (AvgIpc) is 3.17. The first kappa shape index (κ1) is 25.6. The molecule has 1 atom stereocenters. The number of imide groups is 1. The maximum Gasteiger partial charge on any atom is 0.418 e. The van der Waals surface area contributed by atoms with Crippen molar-refractivity contribution >= 4 is 35.4 Å². The Kier molecular flexibility index (Phi) is 7.30. The van der Waals surface area contributed by atoms with Crippen LogP contribution in [0, 0.1) is 5.92 Å². The molecule has 0 aliphatic carbocycles. The van der Waals surface area contributed by atoms with E-state index in [1.165, 1.54) is 0 Å². The van der Waals surface area contributed by atoms with Crippen molar-refractivity contribution in [2.75, 3.05) is 54.9 Å². The Balaban J connectivity index is 1.49. The van der Waals surface area contributed by atoms with E-state index in [4.69, 9.17) is 4.74 Å². The van der Waals surface area contributed by atoms with Crippen molar-refractivity contribution in [3.8, 4) is 0 Å². The Morgan fingerprint density at radius 2 is 1.83 bits per heavy atom. The highest BCUT2D eigenvalue weighted by Crippen LogP contribution is 2.29. The van der Waals surface area contributed by atoms with Gasteiger partial charge in [-0.25, -0.2) is 24.5 Å². The maximum atomic E-state index is 13.3. The molecule has 4 rings (SSSR count). The Labute approximate surface area is 212 Å². The van der Waals surface area contributed by atoms with Gasteiger partial charge in [-0.2, -0.15) is 4.98 Å². The van der Waals surface area contributed by atoms with E-state index in [0.717, 1.165) is 36.8 Å². The van der Waals surface area contributed by atoms with Crippen molar-refractivity contribution < 1.29 is 14.3 Å². The SMILES string of the molecule is CC(C)C1CN(C(=O)OC(C)(C)C)C(=O)N1c1ccnc(Nc2ccc(N3CCN(C)CC3)cn2)n1. The van der Waals surface area contributed by atoms with Crippen molar-refractivity contribution in [1.29, 1.82) is 0 Å². The zero-order valence-corrected chi connectivity index (χ0v) is 21.9. The van der Waals surface area contributed by atoms with Gasteiger partial charge in [0.15, 0.2) is 0 Å². The molecule has 1 unspecified atom stereocenters. The third-order valence-corrected chi connectivity index (χ3v) is 6.27. The quantitative estimate of drug-likeness (QED) is 0.665. The van der Waals surface area contributed by atoms with Crippen LogP contribution in [0.5, 0.6) is 0 Å². The van der Waals surface area contributed by atoms with Gasteiger partial charge in [0, 0.05) is 32.4 Å². The highest BCUT2D eigenvalue weighted by Gasteiger charge is 2.45. The fourth-order valence-electron chi connectivity index (χ4n) is 4.24. The number of aromatic nitrogens is 3. The fourth-order valence-corrected chi connectivity index (χ4v) is 4.24. The molecule has 36 heavy (non-hydrogen) atoms. The van der Waals surface area contributed by atoms with Crippen LogP contribution in [0.2, 0.25) is 0 Å². The Bertz CT molecular complexity index is 1080. The van der Waals surface area contributed by atoms with E-state index in [1.54, 1.807) is 37.9 Å². The van der Waals surface area contributed by atoms with Crippen LogP contribution < -0.4 is 15.1 Å². The smallest absolute Gasteiger partial charge is 0.418 e. The van der Waals surface area contributed by atoms with E-state index >= 15 is 0 Å². The van der Waals surface area contributed by atoms with Gasteiger partial charge in [-0.1, -0.05) is 13.8 Å². The van der Waals surface area contributed by atoms with Crippen LogP contribution in [-0.4, -0.2) is 88.3 Å². The van der Waals surface area contributed by atoms with Crippen LogP contribution in [-0.2, 0) is 4.74 Å². The lowest BCUT2D eigenvalue weighted by Crippen LogP contribution is -2.44. The molecule has 194 valence electrons. The van der Waals surface area contributed by atoms with Crippen LogP contribution in [0.25, 0.3) is 0 Å². The van der Waals surface area contributed by atoms with Crippen molar-refractivity contribution in [1.82, 2.24) is 24.8 Å². The molecule has 2 saturated heterocycles. The second-order valence-electron chi connectivity index (χ2n) is 10.6. The molecule has 0 saturated carbocycles. The molecule has 11 nitrogen and oxygen atoms in total. The molecule has 0 bridgehead atoms. The lowest BCUT2D eigenvalue weighted by molar-refractivity contribution is 0.0347. The molecule has 2 aromatic rings. The molecule has 0 aromatic carbocycles. The standard InChI is InChI=1S/C25H36N8O3/c1-17(2)19-16-32(24(35)36-25(3,4)5)23(34)33(19)21-9-10-26-22(29-21)28-20-8-7-18(15-27-20)31-13-11-30(6)12-14-31/h7-10,15,17,19H,11-14,16H2,1-6H3,(H,26,27,28,29). The largest absolute Gasteiger partial charge is 0.443 e. The normalized spacial score (nSPS) is 19.2. The van der Waals surface area contributed by atoms with Crippen LogP contribution in [0.3, 0.4) is 0 Å². The summed E-state index contributed by atoms with van der Waals surface area (Å²) in [6.45, 7) is 13.6. The van der Waals surface area contributed by atoms with E-state index in [-0.39, 0.29) is 18.5 Å². The number of rotatable bonds is 5. The number of hydrogen-bond acceptors (Lipinski definition) is 9. The molecule has 2 aliphatic heterocycles. The van der Waals surface area contributed by atoms with E-state index in [9.17, 15) is 9.59 Å². The van der Waals surface area contributed by atoms with Crippen LogP contribution >= 0.6 is 0 Å². The number of nitrogens with one attached hydrogen (secondary N) is 1. The summed E-state index contributed by atoms with van der Waals surface area (Å²) in [6, 6.07) is 4.89. The summed E-state index contributed by atoms with van der Waals surface area (Å²) in [5, 5.41) is 3.13. The molecular weight excluding hydrogens is 460 g/mol. The number of carbonyl (C=O) groups excluding carboxylic acids is 2. The third-order valence-electron chi connectivity index (χ3n) is 6.27. The van der Waals surface area contributed by atoms with Gasteiger partial charge < -0.3 is 19.9 Å². The number of urea groups is 1. The summed E-state index contributed by atoms with van der Waals surface area (Å²) in [5.74, 6) is 1.43. The van der Waals surface area contributed by atoms with Gasteiger partial charge in [0.2, 0.25) is 5.95 Å². The Hall–Kier alpha value is -3.47.